The van der Waals surface area contributed by atoms with Crippen molar-refractivity contribution in [3.05, 3.63) is 41.5 Å². The Morgan fingerprint density at radius 2 is 2.37 bits per heavy atom. The molecule has 3 N–H and O–H groups in total. The average Bonchev–Trinajstić information content (AvgIpc) is 2.74. The summed E-state index contributed by atoms with van der Waals surface area (Å²) in [5.74, 6) is -0.513. The molecule has 0 fully saturated rings. The molecule has 0 aromatic carbocycles. The van der Waals surface area contributed by atoms with Crippen LogP contribution in [0.2, 0.25) is 0 Å². The van der Waals surface area contributed by atoms with E-state index in [2.05, 4.69) is 20.5 Å². The van der Waals surface area contributed by atoms with Gasteiger partial charge in [-0.1, -0.05) is 0 Å². The summed E-state index contributed by atoms with van der Waals surface area (Å²) in [7, 11) is 0. The normalized spacial score (nSPS) is 12.1. The third kappa shape index (κ3) is 3.31. The van der Waals surface area contributed by atoms with Crippen molar-refractivity contribution in [1.82, 2.24) is 20.5 Å². The van der Waals surface area contributed by atoms with Gasteiger partial charge in [0.25, 0.3) is 5.91 Å². The molecule has 2 heterocycles. The topological polar surface area (TPSA) is 90.9 Å². The zero-order chi connectivity index (χ0) is 13.8. The molecule has 1 atom stereocenters. The number of carbonyl (C=O) groups is 1. The Hall–Kier alpha value is -2.37. The lowest BCUT2D eigenvalue weighted by Crippen LogP contribution is -2.34. The van der Waals surface area contributed by atoms with Crippen molar-refractivity contribution in [3.8, 4) is 5.75 Å². The van der Waals surface area contributed by atoms with Crippen LogP contribution >= 0.6 is 0 Å². The number of hydrogen-bond acceptors (Lipinski definition) is 4. The molecule has 0 unspecified atom stereocenters. The van der Waals surface area contributed by atoms with E-state index in [4.69, 9.17) is 0 Å². The summed E-state index contributed by atoms with van der Waals surface area (Å²) in [6.45, 7) is 3.80. The Bertz CT molecular complexity index is 580. The quantitative estimate of drug-likeness (QED) is 0.769. The molecule has 0 aliphatic heterocycles. The molecule has 0 aliphatic rings. The van der Waals surface area contributed by atoms with Crippen molar-refractivity contribution in [2.45, 2.75) is 26.3 Å². The van der Waals surface area contributed by atoms with Crippen LogP contribution in [0, 0.1) is 6.92 Å². The zero-order valence-electron chi connectivity index (χ0n) is 10.8. The van der Waals surface area contributed by atoms with E-state index < -0.39 is 5.91 Å². The standard InChI is InChI=1S/C13H16N4O2/c1-8(6-10-7-9(2)16-17-10)15-13(19)12-11(18)4-3-5-14-12/h3-5,7-8,18H,6H2,1-2H3,(H,15,19)(H,16,17)/t8-/m0/s1. The van der Waals surface area contributed by atoms with Crippen LogP contribution in [0.5, 0.6) is 5.75 Å². The Morgan fingerprint density at radius 1 is 1.58 bits per heavy atom. The second-order valence-electron chi connectivity index (χ2n) is 4.49. The first kappa shape index (κ1) is 13.1. The molecule has 0 aliphatic carbocycles. The molecular weight excluding hydrogens is 244 g/mol. The largest absolute Gasteiger partial charge is 0.505 e. The van der Waals surface area contributed by atoms with Crippen LogP contribution in [-0.2, 0) is 6.42 Å². The SMILES string of the molecule is Cc1cc(C[C@H](C)NC(=O)c2ncccc2O)n[nH]1. The fraction of sp³-hybridized carbons (Fsp3) is 0.308. The van der Waals surface area contributed by atoms with E-state index in [1.54, 1.807) is 6.07 Å². The van der Waals surface area contributed by atoms with Crippen LogP contribution < -0.4 is 5.32 Å². The molecule has 0 radical (unpaired) electrons. The van der Waals surface area contributed by atoms with Crippen LogP contribution in [0.25, 0.3) is 0 Å². The molecule has 0 spiro atoms. The number of carbonyl (C=O) groups excluding carboxylic acids is 1. The van der Waals surface area contributed by atoms with Crippen LogP contribution in [-0.4, -0.2) is 32.2 Å². The molecule has 100 valence electrons. The smallest absolute Gasteiger partial charge is 0.273 e. The lowest BCUT2D eigenvalue weighted by atomic mass is 10.1. The van der Waals surface area contributed by atoms with Crippen molar-refractivity contribution < 1.29 is 9.90 Å². The van der Waals surface area contributed by atoms with Crippen LogP contribution in [0.1, 0.15) is 28.8 Å². The lowest BCUT2D eigenvalue weighted by molar-refractivity contribution is 0.0932. The Labute approximate surface area is 110 Å². The van der Waals surface area contributed by atoms with Gasteiger partial charge in [-0.3, -0.25) is 9.89 Å². The van der Waals surface area contributed by atoms with Crippen molar-refractivity contribution in [2.24, 2.45) is 0 Å². The summed E-state index contributed by atoms with van der Waals surface area (Å²) < 4.78 is 0. The fourth-order valence-corrected chi connectivity index (χ4v) is 1.81. The Morgan fingerprint density at radius 3 is 3.00 bits per heavy atom. The van der Waals surface area contributed by atoms with Gasteiger partial charge in [-0.25, -0.2) is 4.98 Å². The number of nitrogens with zero attached hydrogens (tertiary/aromatic N) is 2. The molecule has 0 saturated carbocycles. The van der Waals surface area contributed by atoms with Crippen LogP contribution in [0.4, 0.5) is 0 Å². The molecule has 19 heavy (non-hydrogen) atoms. The number of amides is 1. The van der Waals surface area contributed by atoms with Gasteiger partial charge in [0.1, 0.15) is 5.75 Å². The predicted molar refractivity (Wildman–Crippen MR) is 69.9 cm³/mol. The lowest BCUT2D eigenvalue weighted by Gasteiger charge is -2.12. The van der Waals surface area contributed by atoms with Gasteiger partial charge in [0, 0.05) is 24.4 Å². The van der Waals surface area contributed by atoms with E-state index in [0.29, 0.717) is 6.42 Å². The fourth-order valence-electron chi connectivity index (χ4n) is 1.81. The molecule has 1 amide bonds. The van der Waals surface area contributed by atoms with Crippen molar-refractivity contribution >= 4 is 5.91 Å². The maximum atomic E-state index is 11.9. The minimum absolute atomic E-state index is 0.0348. The first-order valence-electron chi connectivity index (χ1n) is 6.02. The first-order chi connectivity index (χ1) is 9.06. The van der Waals surface area contributed by atoms with Gasteiger partial charge in [-0.2, -0.15) is 5.10 Å². The third-order valence-corrected chi connectivity index (χ3v) is 2.65. The molecule has 0 bridgehead atoms. The highest BCUT2D eigenvalue weighted by molar-refractivity contribution is 5.94. The summed E-state index contributed by atoms with van der Waals surface area (Å²) in [5.41, 5.74) is 1.90. The van der Waals surface area contributed by atoms with Crippen LogP contribution in [0.15, 0.2) is 24.4 Å². The highest BCUT2D eigenvalue weighted by atomic mass is 16.3. The number of hydrogen-bond donors (Lipinski definition) is 3. The van der Waals surface area contributed by atoms with E-state index in [-0.39, 0.29) is 17.5 Å². The minimum Gasteiger partial charge on any atom is -0.505 e. The van der Waals surface area contributed by atoms with E-state index in [1.165, 1.54) is 12.3 Å². The Balaban J connectivity index is 1.97. The van der Waals surface area contributed by atoms with E-state index in [9.17, 15) is 9.90 Å². The molecule has 2 rings (SSSR count). The second kappa shape index (κ2) is 5.51. The second-order valence-corrected chi connectivity index (χ2v) is 4.49. The van der Waals surface area contributed by atoms with Crippen molar-refractivity contribution in [3.63, 3.8) is 0 Å². The average molecular weight is 260 g/mol. The maximum Gasteiger partial charge on any atom is 0.273 e. The highest BCUT2D eigenvalue weighted by Gasteiger charge is 2.15. The molecule has 6 heteroatoms. The third-order valence-electron chi connectivity index (χ3n) is 2.65. The van der Waals surface area contributed by atoms with Gasteiger partial charge in [0.15, 0.2) is 5.69 Å². The van der Waals surface area contributed by atoms with Crippen molar-refractivity contribution in [1.29, 1.82) is 0 Å². The van der Waals surface area contributed by atoms with Crippen LogP contribution in [0.3, 0.4) is 0 Å². The molecular formula is C13H16N4O2. The number of aryl methyl sites for hydroxylation is 1. The first-order valence-corrected chi connectivity index (χ1v) is 6.02. The summed E-state index contributed by atoms with van der Waals surface area (Å²) in [6, 6.07) is 4.84. The maximum absolute atomic E-state index is 11.9. The number of aromatic nitrogens is 3. The number of pyridine rings is 1. The minimum atomic E-state index is -0.391. The van der Waals surface area contributed by atoms with E-state index in [0.717, 1.165) is 11.4 Å². The van der Waals surface area contributed by atoms with Gasteiger partial charge in [-0.15, -0.1) is 0 Å². The molecule has 6 nitrogen and oxygen atoms in total. The monoisotopic (exact) mass is 260 g/mol. The van der Waals surface area contributed by atoms with Gasteiger partial charge >= 0.3 is 0 Å². The number of rotatable bonds is 4. The highest BCUT2D eigenvalue weighted by Crippen LogP contribution is 2.12. The van der Waals surface area contributed by atoms with Gasteiger partial charge in [-0.05, 0) is 32.0 Å². The number of aromatic hydroxyl groups is 1. The Kier molecular flexibility index (Phi) is 3.79. The summed E-state index contributed by atoms with van der Waals surface area (Å²) in [4.78, 5) is 15.8. The van der Waals surface area contributed by atoms with Crippen molar-refractivity contribution in [2.75, 3.05) is 0 Å². The summed E-state index contributed by atoms with van der Waals surface area (Å²) >= 11 is 0. The molecule has 0 saturated heterocycles. The molecule has 2 aromatic rings. The summed E-state index contributed by atoms with van der Waals surface area (Å²) in [6.07, 6.45) is 2.08. The number of aromatic amines is 1. The van der Waals surface area contributed by atoms with Gasteiger partial charge in [0.2, 0.25) is 0 Å². The van der Waals surface area contributed by atoms with E-state index >= 15 is 0 Å². The van der Waals surface area contributed by atoms with Gasteiger partial charge < -0.3 is 10.4 Å². The molecule has 2 aromatic heterocycles. The van der Waals surface area contributed by atoms with Gasteiger partial charge in [0.05, 0.1) is 5.69 Å². The van der Waals surface area contributed by atoms with E-state index in [1.807, 2.05) is 19.9 Å². The predicted octanol–water partition coefficient (Wildman–Crippen LogP) is 1.18. The number of nitrogens with one attached hydrogen (secondary N) is 2. The number of H-pyrrole nitrogens is 1. The summed E-state index contributed by atoms with van der Waals surface area (Å²) in [5, 5.41) is 19.3. The zero-order valence-corrected chi connectivity index (χ0v) is 10.8.